The van der Waals surface area contributed by atoms with E-state index in [2.05, 4.69) is 0 Å². The average Bonchev–Trinajstić information content (AvgIpc) is 2.81. The van der Waals surface area contributed by atoms with Gasteiger partial charge in [-0.05, 0) is 18.6 Å². The lowest BCUT2D eigenvalue weighted by Gasteiger charge is -2.37. The summed E-state index contributed by atoms with van der Waals surface area (Å²) in [6, 6.07) is 9.13. The third-order valence-electron chi connectivity index (χ3n) is 3.39. The summed E-state index contributed by atoms with van der Waals surface area (Å²) < 4.78 is 5.01. The molecule has 0 unspecified atom stereocenters. The summed E-state index contributed by atoms with van der Waals surface area (Å²) in [7, 11) is 0. The van der Waals surface area contributed by atoms with Crippen LogP contribution in [0, 0.1) is 0 Å². The minimum absolute atomic E-state index is 0.0383. The first-order valence-corrected chi connectivity index (χ1v) is 6.07. The van der Waals surface area contributed by atoms with E-state index in [0.717, 1.165) is 6.42 Å². The largest absolute Gasteiger partial charge is 0.445 e. The molecule has 1 aromatic rings. The van der Waals surface area contributed by atoms with Crippen molar-refractivity contribution in [2.24, 2.45) is 0 Å². The monoisotopic (exact) mass is 246 g/mol. The van der Waals surface area contributed by atoms with Gasteiger partial charge in [0.1, 0.15) is 12.8 Å². The Labute approximate surface area is 105 Å². The molecule has 2 aliphatic heterocycles. The van der Waals surface area contributed by atoms with Gasteiger partial charge in [-0.2, -0.15) is 0 Å². The molecule has 5 heteroatoms. The molecule has 2 heterocycles. The molecule has 1 atom stereocenters. The summed E-state index contributed by atoms with van der Waals surface area (Å²) >= 11 is 0. The predicted octanol–water partition coefficient (Wildman–Crippen LogP) is 1.31. The Morgan fingerprint density at radius 2 is 2.00 bits per heavy atom. The third-order valence-corrected chi connectivity index (χ3v) is 3.39. The van der Waals surface area contributed by atoms with E-state index < -0.39 is 0 Å². The molecule has 0 bridgehead atoms. The van der Waals surface area contributed by atoms with Crippen LogP contribution in [0.4, 0.5) is 4.79 Å². The van der Waals surface area contributed by atoms with Crippen molar-refractivity contribution in [3.05, 3.63) is 35.9 Å². The molecule has 0 N–H and O–H groups in total. The number of carbonyl (C=O) groups excluding carboxylic acids is 2. The number of benzene rings is 1. The molecule has 2 amide bonds. The molecule has 2 aliphatic rings. The van der Waals surface area contributed by atoms with Gasteiger partial charge in [0.05, 0.1) is 0 Å². The van der Waals surface area contributed by atoms with Crippen molar-refractivity contribution in [1.29, 1.82) is 0 Å². The number of rotatable bonds is 1. The van der Waals surface area contributed by atoms with Crippen LogP contribution in [0.1, 0.15) is 16.8 Å². The molecule has 94 valence electrons. The quantitative estimate of drug-likeness (QED) is 0.750. The maximum absolute atomic E-state index is 12.4. The van der Waals surface area contributed by atoms with E-state index in [0.29, 0.717) is 18.7 Å². The zero-order chi connectivity index (χ0) is 12.5. The van der Waals surface area contributed by atoms with Crippen molar-refractivity contribution in [1.82, 2.24) is 9.80 Å². The van der Waals surface area contributed by atoms with E-state index in [4.69, 9.17) is 4.74 Å². The zero-order valence-corrected chi connectivity index (χ0v) is 9.91. The van der Waals surface area contributed by atoms with Gasteiger partial charge >= 0.3 is 6.09 Å². The number of fused-ring (bicyclic) bond motifs is 1. The molecular formula is C13H14N2O3. The Bertz CT molecular complexity index is 474. The van der Waals surface area contributed by atoms with Gasteiger partial charge in [-0.3, -0.25) is 9.69 Å². The first kappa shape index (κ1) is 11.1. The molecule has 0 spiro atoms. The van der Waals surface area contributed by atoms with Crippen LogP contribution in [-0.4, -0.2) is 47.7 Å². The van der Waals surface area contributed by atoms with Crippen molar-refractivity contribution in [3.63, 3.8) is 0 Å². The highest BCUT2D eigenvalue weighted by Gasteiger charge is 2.41. The minimum Gasteiger partial charge on any atom is -0.445 e. The average molecular weight is 246 g/mol. The van der Waals surface area contributed by atoms with E-state index >= 15 is 0 Å². The highest BCUT2D eigenvalue weighted by Crippen LogP contribution is 2.23. The molecule has 2 fully saturated rings. The van der Waals surface area contributed by atoms with Crippen LogP contribution in [0.3, 0.4) is 0 Å². The molecule has 0 saturated carbocycles. The maximum atomic E-state index is 12.4. The molecule has 0 aromatic heterocycles. The standard InChI is InChI=1S/C13H14N2O3/c16-12(10-5-2-1-3-6-10)14-7-4-8-15-11(14)9-18-13(15)17/h1-3,5-6,11H,4,7-9H2/t11-/m0/s1. The summed E-state index contributed by atoms with van der Waals surface area (Å²) in [4.78, 5) is 27.2. The van der Waals surface area contributed by atoms with Gasteiger partial charge in [-0.1, -0.05) is 18.2 Å². The summed E-state index contributed by atoms with van der Waals surface area (Å²) in [5, 5.41) is 0. The lowest BCUT2D eigenvalue weighted by molar-refractivity contribution is 0.0373. The van der Waals surface area contributed by atoms with Crippen LogP contribution < -0.4 is 0 Å². The van der Waals surface area contributed by atoms with Gasteiger partial charge in [-0.15, -0.1) is 0 Å². The third kappa shape index (κ3) is 1.72. The molecule has 1 aromatic carbocycles. The number of hydrogen-bond acceptors (Lipinski definition) is 3. The Hall–Kier alpha value is -2.04. The first-order chi connectivity index (χ1) is 8.77. The first-order valence-electron chi connectivity index (χ1n) is 6.07. The number of amides is 2. The maximum Gasteiger partial charge on any atom is 0.411 e. The number of cyclic esters (lactones) is 1. The van der Waals surface area contributed by atoms with Gasteiger partial charge in [0.15, 0.2) is 0 Å². The summed E-state index contributed by atoms with van der Waals surface area (Å²) in [5.74, 6) is -0.0383. The number of nitrogens with zero attached hydrogens (tertiary/aromatic N) is 2. The van der Waals surface area contributed by atoms with Crippen molar-refractivity contribution >= 4 is 12.0 Å². The second-order valence-electron chi connectivity index (χ2n) is 4.47. The summed E-state index contributed by atoms with van der Waals surface area (Å²) in [6.45, 7) is 1.62. The minimum atomic E-state index is -0.314. The zero-order valence-electron chi connectivity index (χ0n) is 9.91. The van der Waals surface area contributed by atoms with Gasteiger partial charge < -0.3 is 9.64 Å². The smallest absolute Gasteiger partial charge is 0.411 e. The van der Waals surface area contributed by atoms with E-state index in [1.807, 2.05) is 18.2 Å². The number of carbonyl (C=O) groups is 2. The normalized spacial score (nSPS) is 22.7. The van der Waals surface area contributed by atoms with Crippen LogP contribution in [-0.2, 0) is 4.74 Å². The molecule has 5 nitrogen and oxygen atoms in total. The predicted molar refractivity (Wildman–Crippen MR) is 63.9 cm³/mol. The Morgan fingerprint density at radius 1 is 1.22 bits per heavy atom. The Kier molecular flexibility index (Phi) is 2.66. The Balaban J connectivity index is 1.84. The van der Waals surface area contributed by atoms with E-state index in [9.17, 15) is 9.59 Å². The number of ether oxygens (including phenoxy) is 1. The molecule has 3 rings (SSSR count). The van der Waals surface area contributed by atoms with Crippen molar-refractivity contribution < 1.29 is 14.3 Å². The van der Waals surface area contributed by atoms with Gasteiger partial charge in [0.2, 0.25) is 0 Å². The van der Waals surface area contributed by atoms with E-state index in [1.165, 1.54) is 0 Å². The van der Waals surface area contributed by atoms with Crippen molar-refractivity contribution in [2.45, 2.75) is 12.6 Å². The summed E-state index contributed by atoms with van der Waals surface area (Å²) in [5.41, 5.74) is 0.652. The lowest BCUT2D eigenvalue weighted by atomic mass is 10.1. The molecule has 18 heavy (non-hydrogen) atoms. The van der Waals surface area contributed by atoms with Crippen molar-refractivity contribution in [2.75, 3.05) is 19.7 Å². The SMILES string of the molecule is O=C1OC[C@@H]2N1CCCN2C(=O)c1ccccc1. The highest BCUT2D eigenvalue weighted by molar-refractivity contribution is 5.94. The van der Waals surface area contributed by atoms with Crippen LogP contribution in [0.15, 0.2) is 30.3 Å². The van der Waals surface area contributed by atoms with Gasteiger partial charge in [-0.25, -0.2) is 4.79 Å². The van der Waals surface area contributed by atoms with E-state index in [-0.39, 0.29) is 24.8 Å². The van der Waals surface area contributed by atoms with Crippen LogP contribution in [0.5, 0.6) is 0 Å². The fourth-order valence-electron chi connectivity index (χ4n) is 2.48. The fourth-order valence-corrected chi connectivity index (χ4v) is 2.48. The van der Waals surface area contributed by atoms with Gasteiger partial charge in [0, 0.05) is 18.7 Å². The van der Waals surface area contributed by atoms with Crippen LogP contribution in [0.2, 0.25) is 0 Å². The topological polar surface area (TPSA) is 49.9 Å². The second-order valence-corrected chi connectivity index (χ2v) is 4.47. The van der Waals surface area contributed by atoms with Gasteiger partial charge in [0.25, 0.3) is 5.91 Å². The van der Waals surface area contributed by atoms with E-state index in [1.54, 1.807) is 21.9 Å². The highest BCUT2D eigenvalue weighted by atomic mass is 16.6. The molecule has 2 saturated heterocycles. The molecular weight excluding hydrogens is 232 g/mol. The molecule has 0 radical (unpaired) electrons. The summed E-state index contributed by atoms with van der Waals surface area (Å²) in [6.07, 6.45) is 0.244. The van der Waals surface area contributed by atoms with Crippen molar-refractivity contribution in [3.8, 4) is 0 Å². The lowest BCUT2D eigenvalue weighted by Crippen LogP contribution is -2.54. The molecule has 0 aliphatic carbocycles. The second kappa shape index (κ2) is 4.33. The van der Waals surface area contributed by atoms with Crippen LogP contribution in [0.25, 0.3) is 0 Å². The number of hydrogen-bond donors (Lipinski definition) is 0. The fraction of sp³-hybridized carbons (Fsp3) is 0.385. The van der Waals surface area contributed by atoms with Crippen LogP contribution >= 0.6 is 0 Å². The Morgan fingerprint density at radius 3 is 2.78 bits per heavy atom.